The van der Waals surface area contributed by atoms with Crippen molar-refractivity contribution in [1.29, 1.82) is 0 Å². The van der Waals surface area contributed by atoms with Crippen LogP contribution >= 0.6 is 11.6 Å². The number of anilines is 1. The first-order valence-electron chi connectivity index (χ1n) is 13.2. The maximum atomic E-state index is 14.2. The Bertz CT molecular complexity index is 1310. The van der Waals surface area contributed by atoms with Gasteiger partial charge < -0.3 is 19.4 Å². The van der Waals surface area contributed by atoms with Crippen LogP contribution in [-0.2, 0) is 9.53 Å². The zero-order chi connectivity index (χ0) is 27.0. The number of rotatable bonds is 4. The summed E-state index contributed by atoms with van der Waals surface area (Å²) in [4.78, 5) is 37.7. The highest BCUT2D eigenvalue weighted by Gasteiger charge is 2.43. The van der Waals surface area contributed by atoms with Crippen LogP contribution in [0.4, 0.5) is 10.5 Å². The van der Waals surface area contributed by atoms with Gasteiger partial charge in [-0.2, -0.15) is 5.10 Å². The van der Waals surface area contributed by atoms with Crippen molar-refractivity contribution in [3.05, 3.63) is 52.8 Å². The molecular formula is C28H35ClN6O3. The predicted molar refractivity (Wildman–Crippen MR) is 148 cm³/mol. The number of aryl methyl sites for hydroxylation is 1. The minimum Gasteiger partial charge on any atom is -0.444 e. The molecule has 2 amide bonds. The fraction of sp³-hybridized carbons (Fsp3) is 0.500. The van der Waals surface area contributed by atoms with E-state index in [4.69, 9.17) is 16.3 Å². The van der Waals surface area contributed by atoms with E-state index in [0.29, 0.717) is 37.7 Å². The van der Waals surface area contributed by atoms with Gasteiger partial charge in [0.2, 0.25) is 5.91 Å². The summed E-state index contributed by atoms with van der Waals surface area (Å²) >= 11 is 6.18. The van der Waals surface area contributed by atoms with Crippen LogP contribution in [0.5, 0.6) is 0 Å². The van der Waals surface area contributed by atoms with Gasteiger partial charge in [0.1, 0.15) is 5.60 Å². The van der Waals surface area contributed by atoms with Crippen molar-refractivity contribution in [3.8, 4) is 0 Å². The molecule has 202 valence electrons. The van der Waals surface area contributed by atoms with Gasteiger partial charge >= 0.3 is 6.09 Å². The average Bonchev–Trinajstić information content (AvgIpc) is 3.54. The largest absolute Gasteiger partial charge is 0.444 e. The number of amides is 2. The number of carbonyl (C=O) groups excluding carboxylic acids is 2. The number of halogens is 1. The smallest absolute Gasteiger partial charge is 0.410 e. The highest BCUT2D eigenvalue weighted by atomic mass is 35.5. The lowest BCUT2D eigenvalue weighted by Gasteiger charge is -2.40. The Balaban J connectivity index is 1.38. The maximum absolute atomic E-state index is 14.2. The molecule has 5 rings (SSSR count). The number of benzene rings is 1. The van der Waals surface area contributed by atoms with E-state index in [2.05, 4.69) is 20.1 Å². The number of piperazine rings is 1. The molecule has 2 saturated heterocycles. The lowest BCUT2D eigenvalue weighted by Crippen LogP contribution is -2.53. The van der Waals surface area contributed by atoms with Crippen molar-refractivity contribution in [2.75, 3.05) is 37.6 Å². The molecule has 1 N–H and O–H groups in total. The molecule has 2 atom stereocenters. The third-order valence-corrected chi connectivity index (χ3v) is 7.60. The Morgan fingerprint density at radius 1 is 1.08 bits per heavy atom. The van der Waals surface area contributed by atoms with Crippen LogP contribution in [-0.4, -0.2) is 81.3 Å². The van der Waals surface area contributed by atoms with Gasteiger partial charge in [-0.15, -0.1) is 0 Å². The third-order valence-electron chi connectivity index (χ3n) is 7.35. The first-order valence-corrected chi connectivity index (χ1v) is 13.6. The number of pyridine rings is 1. The van der Waals surface area contributed by atoms with E-state index in [-0.39, 0.29) is 18.0 Å². The van der Waals surface area contributed by atoms with E-state index in [1.807, 2.05) is 69.3 Å². The zero-order valence-electron chi connectivity index (χ0n) is 22.4. The number of aromatic amines is 1. The molecule has 0 saturated carbocycles. The third kappa shape index (κ3) is 5.29. The molecule has 0 bridgehead atoms. The number of hydrogen-bond donors (Lipinski definition) is 1. The Labute approximate surface area is 228 Å². The lowest BCUT2D eigenvalue weighted by molar-refractivity contribution is -0.134. The number of hydrogen-bond acceptors (Lipinski definition) is 6. The highest BCUT2D eigenvalue weighted by Crippen LogP contribution is 2.35. The summed E-state index contributed by atoms with van der Waals surface area (Å²) < 4.78 is 5.71. The van der Waals surface area contributed by atoms with Crippen molar-refractivity contribution in [2.24, 2.45) is 0 Å². The molecule has 9 nitrogen and oxygen atoms in total. The standard InChI is InChI=1S/C28H35ClN6O3/c1-18-16-30-25-21(17-31-32-25)24(18)33-12-14-34(15-13-33)26(36)23(19-7-9-20(29)10-8-19)22-6-5-11-35(22)27(37)38-28(2,3)4/h7-10,16-17,22-23H,5-6,11-15H2,1-4H3,(H,30,31,32)/t22?,23-/m0/s1. The number of carbonyl (C=O) groups is 2. The van der Waals surface area contributed by atoms with Crippen LogP contribution in [0, 0.1) is 6.92 Å². The van der Waals surface area contributed by atoms with Gasteiger partial charge in [0.15, 0.2) is 5.65 Å². The zero-order valence-corrected chi connectivity index (χ0v) is 23.2. The highest BCUT2D eigenvalue weighted by molar-refractivity contribution is 6.30. The van der Waals surface area contributed by atoms with Gasteiger partial charge in [0.05, 0.1) is 29.2 Å². The van der Waals surface area contributed by atoms with Crippen LogP contribution < -0.4 is 4.90 Å². The number of likely N-dealkylation sites (tertiary alicyclic amines) is 1. The van der Waals surface area contributed by atoms with Gasteiger partial charge in [-0.3, -0.25) is 9.89 Å². The minimum absolute atomic E-state index is 0.0346. The Morgan fingerprint density at radius 2 is 1.79 bits per heavy atom. The molecule has 4 heterocycles. The second-order valence-electron chi connectivity index (χ2n) is 11.1. The Kier molecular flexibility index (Phi) is 7.22. The van der Waals surface area contributed by atoms with E-state index in [0.717, 1.165) is 40.7 Å². The maximum Gasteiger partial charge on any atom is 0.410 e. The van der Waals surface area contributed by atoms with Crippen LogP contribution in [0.3, 0.4) is 0 Å². The second kappa shape index (κ2) is 10.4. The summed E-state index contributed by atoms with van der Waals surface area (Å²) in [7, 11) is 0. The molecule has 1 aromatic carbocycles. The first kappa shape index (κ1) is 26.3. The minimum atomic E-state index is -0.605. The van der Waals surface area contributed by atoms with E-state index in [9.17, 15) is 9.59 Å². The molecule has 2 aliphatic rings. The number of ether oxygens (including phenoxy) is 1. The fourth-order valence-corrected chi connectivity index (χ4v) is 5.76. The summed E-state index contributed by atoms with van der Waals surface area (Å²) in [5.74, 6) is -0.454. The molecule has 2 aromatic heterocycles. The van der Waals surface area contributed by atoms with E-state index in [1.54, 1.807) is 4.90 Å². The molecule has 10 heteroatoms. The quantitative estimate of drug-likeness (QED) is 0.515. The van der Waals surface area contributed by atoms with Crippen molar-refractivity contribution in [2.45, 2.75) is 58.1 Å². The van der Waals surface area contributed by atoms with Gasteiger partial charge in [0, 0.05) is 43.9 Å². The molecule has 2 aliphatic heterocycles. The molecule has 0 radical (unpaired) electrons. The SMILES string of the molecule is Cc1cnc2[nH]ncc2c1N1CCN(C(=O)[C@@H](c2ccc(Cl)cc2)C2CCCN2C(=O)OC(C)(C)C)CC1. The fourth-order valence-electron chi connectivity index (χ4n) is 5.64. The van der Waals surface area contributed by atoms with Gasteiger partial charge in [-0.05, 0) is 63.8 Å². The average molecular weight is 539 g/mol. The van der Waals surface area contributed by atoms with Crippen LogP contribution in [0.25, 0.3) is 11.0 Å². The Hall–Kier alpha value is -3.33. The van der Waals surface area contributed by atoms with Crippen molar-refractivity contribution in [3.63, 3.8) is 0 Å². The Morgan fingerprint density at radius 3 is 2.47 bits per heavy atom. The van der Waals surface area contributed by atoms with E-state index < -0.39 is 11.5 Å². The summed E-state index contributed by atoms with van der Waals surface area (Å²) in [6, 6.07) is 7.16. The van der Waals surface area contributed by atoms with Crippen molar-refractivity contribution < 1.29 is 14.3 Å². The normalized spacial score (nSPS) is 19.2. The molecule has 0 spiro atoms. The lowest BCUT2D eigenvalue weighted by atomic mass is 9.88. The van der Waals surface area contributed by atoms with Crippen LogP contribution in [0.2, 0.25) is 5.02 Å². The summed E-state index contributed by atoms with van der Waals surface area (Å²) in [6.07, 6.45) is 4.87. The van der Waals surface area contributed by atoms with E-state index in [1.165, 1.54) is 0 Å². The number of H-pyrrole nitrogens is 1. The van der Waals surface area contributed by atoms with Gasteiger partial charge in [-0.25, -0.2) is 9.78 Å². The monoisotopic (exact) mass is 538 g/mol. The molecule has 38 heavy (non-hydrogen) atoms. The number of fused-ring (bicyclic) bond motifs is 1. The molecule has 0 aliphatic carbocycles. The number of nitrogens with zero attached hydrogens (tertiary/aromatic N) is 5. The first-order chi connectivity index (χ1) is 18.1. The molecule has 2 fully saturated rings. The predicted octanol–water partition coefficient (Wildman–Crippen LogP) is 4.75. The number of nitrogens with one attached hydrogen (secondary N) is 1. The van der Waals surface area contributed by atoms with Crippen molar-refractivity contribution >= 4 is 40.3 Å². The van der Waals surface area contributed by atoms with Gasteiger partial charge in [-0.1, -0.05) is 23.7 Å². The molecule has 1 unspecified atom stereocenters. The van der Waals surface area contributed by atoms with Crippen molar-refractivity contribution in [1.82, 2.24) is 25.0 Å². The van der Waals surface area contributed by atoms with Gasteiger partial charge in [0.25, 0.3) is 0 Å². The molecular weight excluding hydrogens is 504 g/mol. The summed E-state index contributed by atoms with van der Waals surface area (Å²) in [5, 5.41) is 8.71. The second-order valence-corrected chi connectivity index (χ2v) is 11.6. The number of aromatic nitrogens is 3. The summed E-state index contributed by atoms with van der Waals surface area (Å²) in [6.45, 7) is 10.8. The molecule has 3 aromatic rings. The summed E-state index contributed by atoms with van der Waals surface area (Å²) in [5.41, 5.74) is 3.21. The van der Waals surface area contributed by atoms with Crippen LogP contribution in [0.1, 0.15) is 50.7 Å². The topological polar surface area (TPSA) is 94.7 Å². The van der Waals surface area contributed by atoms with E-state index >= 15 is 0 Å². The van der Waals surface area contributed by atoms with Crippen LogP contribution in [0.15, 0.2) is 36.7 Å².